The minimum absolute atomic E-state index is 0.247. The topological polar surface area (TPSA) is 44.5 Å². The van der Waals surface area contributed by atoms with E-state index >= 15 is 0 Å². The second-order valence-corrected chi connectivity index (χ2v) is 4.78. The molecular formula is C16H16FNO2. The average molecular weight is 273 g/mol. The van der Waals surface area contributed by atoms with Crippen LogP contribution in [0.5, 0.6) is 11.5 Å². The third-order valence-electron chi connectivity index (χ3n) is 3.57. The zero-order valence-electron chi connectivity index (χ0n) is 11.3. The Morgan fingerprint density at radius 1 is 1.25 bits per heavy atom. The van der Waals surface area contributed by atoms with Crippen molar-refractivity contribution in [1.29, 1.82) is 0 Å². The predicted molar refractivity (Wildman–Crippen MR) is 75.5 cm³/mol. The van der Waals surface area contributed by atoms with Crippen LogP contribution in [0.1, 0.15) is 11.1 Å². The van der Waals surface area contributed by atoms with Gasteiger partial charge in [-0.3, -0.25) is 0 Å². The fourth-order valence-corrected chi connectivity index (χ4v) is 2.55. The summed E-state index contributed by atoms with van der Waals surface area (Å²) in [6.45, 7) is 1.09. The summed E-state index contributed by atoms with van der Waals surface area (Å²) in [7, 11) is 1.46. The van der Waals surface area contributed by atoms with Crippen LogP contribution >= 0.6 is 0 Å². The highest BCUT2D eigenvalue weighted by atomic mass is 19.1. The van der Waals surface area contributed by atoms with Crippen molar-refractivity contribution < 1.29 is 13.9 Å². The molecule has 0 amide bonds. The van der Waals surface area contributed by atoms with Gasteiger partial charge in [0.1, 0.15) is 5.75 Å². The van der Waals surface area contributed by atoms with Crippen molar-refractivity contribution in [3.05, 3.63) is 47.3 Å². The summed E-state index contributed by atoms with van der Waals surface area (Å²) in [5.74, 6) is 0.776. The second kappa shape index (κ2) is 5.13. The van der Waals surface area contributed by atoms with Gasteiger partial charge in [-0.25, -0.2) is 4.39 Å². The number of ether oxygens (including phenoxy) is 2. The van der Waals surface area contributed by atoms with Crippen LogP contribution in [0, 0.1) is 5.82 Å². The van der Waals surface area contributed by atoms with Gasteiger partial charge < -0.3 is 15.2 Å². The zero-order valence-corrected chi connectivity index (χ0v) is 11.3. The quantitative estimate of drug-likeness (QED) is 0.935. The maximum absolute atomic E-state index is 13.8. The highest BCUT2D eigenvalue weighted by molar-refractivity contribution is 5.69. The number of methoxy groups -OCH3 is 1. The van der Waals surface area contributed by atoms with Crippen molar-refractivity contribution in [3.8, 4) is 22.6 Å². The first kappa shape index (κ1) is 12.9. The molecule has 3 rings (SSSR count). The molecule has 1 aliphatic rings. The normalized spacial score (nSPS) is 12.9. The Labute approximate surface area is 117 Å². The number of benzene rings is 2. The lowest BCUT2D eigenvalue weighted by atomic mass is 9.98. The molecule has 0 saturated carbocycles. The molecular weight excluding hydrogens is 257 g/mol. The summed E-state index contributed by atoms with van der Waals surface area (Å²) in [4.78, 5) is 0. The number of fused-ring (bicyclic) bond motifs is 1. The monoisotopic (exact) mass is 273 g/mol. The molecule has 0 aromatic heterocycles. The van der Waals surface area contributed by atoms with Gasteiger partial charge in [-0.1, -0.05) is 6.07 Å². The zero-order chi connectivity index (χ0) is 14.1. The molecule has 0 aliphatic carbocycles. The van der Waals surface area contributed by atoms with Crippen molar-refractivity contribution in [2.24, 2.45) is 5.73 Å². The first-order valence-electron chi connectivity index (χ1n) is 6.55. The number of hydrogen-bond donors (Lipinski definition) is 1. The Hall–Kier alpha value is -2.07. The van der Waals surface area contributed by atoms with Gasteiger partial charge in [-0.05, 0) is 41.0 Å². The predicted octanol–water partition coefficient (Wildman–Crippen LogP) is 2.89. The van der Waals surface area contributed by atoms with Crippen molar-refractivity contribution in [2.75, 3.05) is 13.7 Å². The smallest absolute Gasteiger partial charge is 0.165 e. The third kappa shape index (κ3) is 2.12. The van der Waals surface area contributed by atoms with Gasteiger partial charge in [0.15, 0.2) is 11.6 Å². The van der Waals surface area contributed by atoms with E-state index in [1.165, 1.54) is 13.2 Å². The Morgan fingerprint density at radius 2 is 2.10 bits per heavy atom. The molecule has 2 N–H and O–H groups in total. The summed E-state index contributed by atoms with van der Waals surface area (Å²) < 4.78 is 24.4. The minimum Gasteiger partial charge on any atom is -0.494 e. The molecule has 0 saturated heterocycles. The summed E-state index contributed by atoms with van der Waals surface area (Å²) in [5, 5.41) is 0. The first-order valence-corrected chi connectivity index (χ1v) is 6.55. The summed E-state index contributed by atoms with van der Waals surface area (Å²) in [6.07, 6.45) is 0.870. The van der Waals surface area contributed by atoms with Crippen molar-refractivity contribution >= 4 is 0 Å². The van der Waals surface area contributed by atoms with E-state index in [2.05, 4.69) is 0 Å². The molecule has 20 heavy (non-hydrogen) atoms. The average Bonchev–Trinajstić information content (AvgIpc) is 2.94. The molecule has 2 aromatic carbocycles. The lowest BCUT2D eigenvalue weighted by Crippen LogP contribution is -2.00. The first-order chi connectivity index (χ1) is 9.72. The molecule has 3 nitrogen and oxygen atoms in total. The van der Waals surface area contributed by atoms with Crippen LogP contribution in [0.15, 0.2) is 30.3 Å². The van der Waals surface area contributed by atoms with Gasteiger partial charge >= 0.3 is 0 Å². The molecule has 1 heterocycles. The van der Waals surface area contributed by atoms with E-state index in [4.69, 9.17) is 15.2 Å². The lowest BCUT2D eigenvalue weighted by Gasteiger charge is -2.11. The molecule has 0 radical (unpaired) electrons. The van der Waals surface area contributed by atoms with Gasteiger partial charge in [0, 0.05) is 18.5 Å². The Balaban J connectivity index is 2.08. The van der Waals surface area contributed by atoms with Gasteiger partial charge in [0.25, 0.3) is 0 Å². The maximum atomic E-state index is 13.8. The van der Waals surface area contributed by atoms with Crippen LogP contribution < -0.4 is 15.2 Å². The molecule has 0 spiro atoms. The number of nitrogens with two attached hydrogens (primary N) is 1. The third-order valence-corrected chi connectivity index (χ3v) is 3.57. The standard InChI is InChI=1S/C16H16FNO2/c1-19-15-3-2-10(8-14(15)17)12-6-11-4-5-20-16(11)13(7-12)9-18/h2-3,6-8H,4-5,9,18H2,1H3. The Bertz CT molecular complexity index is 655. The lowest BCUT2D eigenvalue weighted by molar-refractivity contribution is 0.353. The van der Waals surface area contributed by atoms with E-state index < -0.39 is 0 Å². The van der Waals surface area contributed by atoms with Crippen LogP contribution in [0.4, 0.5) is 4.39 Å². The molecule has 0 atom stereocenters. The summed E-state index contributed by atoms with van der Waals surface area (Å²) >= 11 is 0. The Morgan fingerprint density at radius 3 is 2.80 bits per heavy atom. The molecule has 4 heteroatoms. The summed E-state index contributed by atoms with van der Waals surface area (Å²) in [5.41, 5.74) is 9.64. The van der Waals surface area contributed by atoms with E-state index in [9.17, 15) is 4.39 Å². The highest BCUT2D eigenvalue weighted by Gasteiger charge is 2.18. The van der Waals surface area contributed by atoms with E-state index in [0.717, 1.165) is 34.4 Å². The summed E-state index contributed by atoms with van der Waals surface area (Å²) in [6, 6.07) is 8.97. The van der Waals surface area contributed by atoms with Crippen LogP contribution in [0.25, 0.3) is 11.1 Å². The minimum atomic E-state index is -0.365. The molecule has 0 bridgehead atoms. The van der Waals surface area contributed by atoms with E-state index in [-0.39, 0.29) is 11.6 Å². The number of rotatable bonds is 3. The second-order valence-electron chi connectivity index (χ2n) is 4.78. The maximum Gasteiger partial charge on any atom is 0.165 e. The van der Waals surface area contributed by atoms with E-state index in [0.29, 0.717) is 13.2 Å². The molecule has 0 unspecified atom stereocenters. The van der Waals surface area contributed by atoms with Crippen LogP contribution in [-0.4, -0.2) is 13.7 Å². The largest absolute Gasteiger partial charge is 0.494 e. The van der Waals surface area contributed by atoms with Gasteiger partial charge in [0.2, 0.25) is 0 Å². The van der Waals surface area contributed by atoms with Crippen LogP contribution in [0.3, 0.4) is 0 Å². The molecule has 104 valence electrons. The van der Waals surface area contributed by atoms with E-state index in [1.807, 2.05) is 18.2 Å². The van der Waals surface area contributed by atoms with Crippen LogP contribution in [0.2, 0.25) is 0 Å². The van der Waals surface area contributed by atoms with E-state index in [1.54, 1.807) is 6.07 Å². The van der Waals surface area contributed by atoms with Gasteiger partial charge in [-0.2, -0.15) is 0 Å². The molecule has 2 aromatic rings. The van der Waals surface area contributed by atoms with Gasteiger partial charge in [0.05, 0.1) is 13.7 Å². The highest BCUT2D eigenvalue weighted by Crippen LogP contribution is 2.35. The van der Waals surface area contributed by atoms with Gasteiger partial charge in [-0.15, -0.1) is 0 Å². The van der Waals surface area contributed by atoms with Crippen LogP contribution in [-0.2, 0) is 13.0 Å². The van der Waals surface area contributed by atoms with Crippen molar-refractivity contribution in [1.82, 2.24) is 0 Å². The van der Waals surface area contributed by atoms with Crippen molar-refractivity contribution in [2.45, 2.75) is 13.0 Å². The fourth-order valence-electron chi connectivity index (χ4n) is 2.55. The Kier molecular flexibility index (Phi) is 3.32. The number of hydrogen-bond acceptors (Lipinski definition) is 3. The van der Waals surface area contributed by atoms with Crippen molar-refractivity contribution in [3.63, 3.8) is 0 Å². The molecule has 0 fully saturated rings. The number of halogens is 1. The molecule has 1 aliphatic heterocycles. The fraction of sp³-hybridized carbons (Fsp3) is 0.250. The SMILES string of the molecule is COc1ccc(-c2cc(CN)c3c(c2)CCO3)cc1F.